The van der Waals surface area contributed by atoms with Crippen molar-refractivity contribution in [2.24, 2.45) is 0 Å². The summed E-state index contributed by atoms with van der Waals surface area (Å²) in [7, 11) is 0. The van der Waals surface area contributed by atoms with Crippen LogP contribution in [0.25, 0.3) is 0 Å². The minimum atomic E-state index is 0. The van der Waals surface area contributed by atoms with Gasteiger partial charge in [0.1, 0.15) is 0 Å². The Balaban J connectivity index is 0. The molecule has 0 spiro atoms. The molecule has 0 aromatic carbocycles. The molecule has 0 aliphatic heterocycles. The summed E-state index contributed by atoms with van der Waals surface area (Å²) in [6.07, 6.45) is 0. The maximum absolute atomic E-state index is 0. The van der Waals surface area contributed by atoms with Crippen LogP contribution in [0.4, 0.5) is 0 Å². The number of hydrogen-bond acceptors (Lipinski definition) is 0. The Kier molecular flexibility index (Phi) is 173. The smallest absolute Gasteiger partial charge is 0 e. The van der Waals surface area contributed by atoms with Crippen LogP contribution in [0.1, 0.15) is 0 Å². The Morgan fingerprint density at radius 3 is 0.750 bits per heavy atom. The first kappa shape index (κ1) is 35.7. The van der Waals surface area contributed by atoms with Crippen LogP contribution in [-0.4, -0.2) is 17.4 Å². The molecule has 0 saturated carbocycles. The van der Waals surface area contributed by atoms with E-state index in [1.807, 2.05) is 0 Å². The zero-order chi connectivity index (χ0) is 0. The molecule has 0 amide bonds. The molecular formula is H3AlCr2Fe. The summed E-state index contributed by atoms with van der Waals surface area (Å²) in [5, 5.41) is 0. The Morgan fingerprint density at radius 1 is 0.750 bits per heavy atom. The molecular weight excluding hydrogens is 187 g/mol. The van der Waals surface area contributed by atoms with Gasteiger partial charge in [-0.1, -0.05) is 0 Å². The third-order valence-electron chi connectivity index (χ3n) is 0. The quantitative estimate of drug-likeness (QED) is 0.421. The molecule has 0 heterocycles. The van der Waals surface area contributed by atoms with E-state index in [0.717, 1.165) is 0 Å². The van der Waals surface area contributed by atoms with Gasteiger partial charge in [-0.05, 0) is 0 Å². The van der Waals surface area contributed by atoms with E-state index in [0.29, 0.717) is 0 Å². The van der Waals surface area contributed by atoms with E-state index in [2.05, 4.69) is 0 Å². The van der Waals surface area contributed by atoms with Crippen molar-refractivity contribution in [3.63, 3.8) is 0 Å². The largest absolute Gasteiger partial charge is 0.187 e. The summed E-state index contributed by atoms with van der Waals surface area (Å²) in [6.45, 7) is 0. The molecule has 0 bridgehead atoms. The number of rotatable bonds is 0. The predicted molar refractivity (Wildman–Crippen MR) is 9.94 cm³/mol. The minimum Gasteiger partial charge on any atom is 0 e. The van der Waals surface area contributed by atoms with Crippen LogP contribution in [0.3, 0.4) is 0 Å². The van der Waals surface area contributed by atoms with E-state index in [-0.39, 0.29) is 69.2 Å². The fraction of sp³-hybridized carbons (Fsp3) is 0. The third kappa shape index (κ3) is 8.93. The van der Waals surface area contributed by atoms with Crippen molar-refractivity contribution >= 4 is 17.4 Å². The molecule has 0 nitrogen and oxygen atoms in total. The topological polar surface area (TPSA) is 0 Å². The summed E-state index contributed by atoms with van der Waals surface area (Å²) in [6, 6.07) is 0. The number of hydrogen-bond donors (Lipinski definition) is 0. The summed E-state index contributed by atoms with van der Waals surface area (Å²) in [4.78, 5) is 0. The van der Waals surface area contributed by atoms with E-state index in [1.54, 1.807) is 0 Å². The van der Waals surface area contributed by atoms with E-state index >= 15 is 0 Å². The molecule has 0 aromatic heterocycles. The van der Waals surface area contributed by atoms with Gasteiger partial charge in [0, 0.05) is 51.8 Å². The maximum Gasteiger partial charge on any atom is 0.187 e. The van der Waals surface area contributed by atoms with Crippen molar-refractivity contribution in [1.29, 1.82) is 0 Å². The first-order valence-corrected chi connectivity index (χ1v) is 0. The Hall–Kier alpha value is 2.12. The molecule has 4 heavy (non-hydrogen) atoms. The van der Waals surface area contributed by atoms with Crippen LogP contribution in [0.15, 0.2) is 0 Å². The molecule has 0 aliphatic rings. The second-order valence-corrected chi connectivity index (χ2v) is 0. The fourth-order valence-corrected chi connectivity index (χ4v) is 0. The Labute approximate surface area is 68.6 Å². The summed E-state index contributed by atoms with van der Waals surface area (Å²) < 4.78 is 0. The zero-order valence-corrected chi connectivity index (χ0v) is 4.82. The Bertz CT molecular complexity index is 6.00. The van der Waals surface area contributed by atoms with Crippen molar-refractivity contribution < 1.29 is 51.8 Å². The monoisotopic (exact) mass is 190 g/mol. The molecule has 0 atom stereocenters. The molecule has 4 heteroatoms. The van der Waals surface area contributed by atoms with Gasteiger partial charge >= 0.3 is 0 Å². The van der Waals surface area contributed by atoms with Crippen LogP contribution in [-0.2, 0) is 51.8 Å². The minimum absolute atomic E-state index is 0. The van der Waals surface area contributed by atoms with Crippen LogP contribution in [0.2, 0.25) is 0 Å². The molecule has 0 radical (unpaired) electrons. The standard InChI is InChI=1S/Al.2Cr.Fe.3H. The van der Waals surface area contributed by atoms with Crippen LogP contribution >= 0.6 is 0 Å². The zero-order valence-electron chi connectivity index (χ0n) is 1.17. The second-order valence-electron chi connectivity index (χ2n) is 0. The average molecular weight is 190 g/mol. The van der Waals surface area contributed by atoms with Gasteiger partial charge in [0.25, 0.3) is 0 Å². The van der Waals surface area contributed by atoms with Crippen molar-refractivity contribution in [2.75, 3.05) is 0 Å². The van der Waals surface area contributed by atoms with Gasteiger partial charge in [0.05, 0.1) is 0 Å². The summed E-state index contributed by atoms with van der Waals surface area (Å²) in [5.41, 5.74) is 0. The van der Waals surface area contributed by atoms with Gasteiger partial charge in [-0.2, -0.15) is 0 Å². The van der Waals surface area contributed by atoms with Gasteiger partial charge in [0.15, 0.2) is 17.4 Å². The van der Waals surface area contributed by atoms with Crippen molar-refractivity contribution in [3.05, 3.63) is 0 Å². The molecule has 0 N–H and O–H groups in total. The average Bonchev–Trinajstić information content (AvgIpc) is 0. The SMILES string of the molecule is [AlH3].[Cr].[Cr].[Fe]. The first-order chi connectivity index (χ1) is 0. The van der Waals surface area contributed by atoms with Gasteiger partial charge in [0.2, 0.25) is 0 Å². The van der Waals surface area contributed by atoms with E-state index in [4.69, 9.17) is 0 Å². The maximum atomic E-state index is 0. The predicted octanol–water partition coefficient (Wildman–Crippen LogP) is -1.19. The molecule has 0 saturated heterocycles. The molecule has 0 rings (SSSR count). The fourth-order valence-electron chi connectivity index (χ4n) is 0. The van der Waals surface area contributed by atoms with Crippen molar-refractivity contribution in [2.45, 2.75) is 0 Å². The second kappa shape index (κ2) is 19.4. The van der Waals surface area contributed by atoms with Crippen LogP contribution in [0, 0.1) is 0 Å². The summed E-state index contributed by atoms with van der Waals surface area (Å²) in [5.74, 6) is 0. The Morgan fingerprint density at radius 2 is 0.750 bits per heavy atom. The van der Waals surface area contributed by atoms with Gasteiger partial charge < -0.3 is 0 Å². The van der Waals surface area contributed by atoms with E-state index < -0.39 is 0 Å². The molecule has 0 unspecified atom stereocenters. The van der Waals surface area contributed by atoms with Gasteiger partial charge in [-0.15, -0.1) is 0 Å². The van der Waals surface area contributed by atoms with Crippen LogP contribution in [0.5, 0.6) is 0 Å². The molecule has 26 valence electrons. The summed E-state index contributed by atoms with van der Waals surface area (Å²) >= 11 is 0. The van der Waals surface area contributed by atoms with E-state index in [9.17, 15) is 0 Å². The normalized spacial score (nSPS) is 0. The van der Waals surface area contributed by atoms with Crippen LogP contribution < -0.4 is 0 Å². The van der Waals surface area contributed by atoms with E-state index in [1.165, 1.54) is 0 Å². The first-order valence-electron chi connectivity index (χ1n) is 0. The van der Waals surface area contributed by atoms with Gasteiger partial charge in [-0.3, -0.25) is 0 Å². The molecule has 0 fully saturated rings. The van der Waals surface area contributed by atoms with Crippen molar-refractivity contribution in [1.82, 2.24) is 0 Å². The van der Waals surface area contributed by atoms with Crippen molar-refractivity contribution in [3.8, 4) is 0 Å². The molecule has 0 aromatic rings. The molecule has 0 aliphatic carbocycles. The third-order valence-corrected chi connectivity index (χ3v) is 0. The van der Waals surface area contributed by atoms with Gasteiger partial charge in [-0.25, -0.2) is 0 Å².